The summed E-state index contributed by atoms with van der Waals surface area (Å²) in [7, 11) is 0. The van der Waals surface area contributed by atoms with Crippen molar-refractivity contribution >= 4 is 27.5 Å². The first kappa shape index (κ1) is 16.3. The van der Waals surface area contributed by atoms with Gasteiger partial charge in [0, 0.05) is 10.2 Å². The van der Waals surface area contributed by atoms with Crippen molar-refractivity contribution in [1.29, 1.82) is 5.41 Å². The fraction of sp³-hybridized carbons (Fsp3) is 0.0500. The maximum atomic E-state index is 8.34. The molecule has 0 heterocycles. The van der Waals surface area contributed by atoms with Crippen molar-refractivity contribution in [2.24, 2.45) is 0 Å². The zero-order valence-corrected chi connectivity index (χ0v) is 14.6. The molecule has 0 unspecified atom stereocenters. The van der Waals surface area contributed by atoms with Gasteiger partial charge >= 0.3 is 0 Å². The molecule has 0 fully saturated rings. The molecule has 0 spiro atoms. The van der Waals surface area contributed by atoms with Gasteiger partial charge in [-0.15, -0.1) is 0 Å². The average Bonchev–Trinajstić information content (AvgIpc) is 2.63. The molecule has 2 N–H and O–H groups in total. The highest BCUT2D eigenvalue weighted by Gasteiger charge is 2.09. The van der Waals surface area contributed by atoms with E-state index >= 15 is 0 Å². The lowest BCUT2D eigenvalue weighted by molar-refractivity contribution is 0.305. The summed E-state index contributed by atoms with van der Waals surface area (Å²) in [6, 6.07) is 25.3. The van der Waals surface area contributed by atoms with Crippen LogP contribution >= 0.6 is 15.9 Å². The Morgan fingerprint density at radius 3 is 2.29 bits per heavy atom. The van der Waals surface area contributed by atoms with Crippen LogP contribution in [0.15, 0.2) is 83.3 Å². The maximum Gasteiger partial charge on any atom is 0.133 e. The predicted octanol–water partition coefficient (Wildman–Crippen LogP) is 5.47. The molecule has 120 valence electrons. The monoisotopic (exact) mass is 380 g/mol. The summed E-state index contributed by atoms with van der Waals surface area (Å²) in [6.07, 6.45) is 0. The Bertz CT molecular complexity index is 817. The summed E-state index contributed by atoms with van der Waals surface area (Å²) < 4.78 is 6.92. The smallest absolute Gasteiger partial charge is 0.133 e. The van der Waals surface area contributed by atoms with Gasteiger partial charge in [0.25, 0.3) is 0 Å². The van der Waals surface area contributed by atoms with E-state index in [0.29, 0.717) is 18.2 Å². The molecule has 3 nitrogen and oxygen atoms in total. The Hall–Kier alpha value is -2.59. The van der Waals surface area contributed by atoms with Crippen molar-refractivity contribution in [3.63, 3.8) is 0 Å². The van der Waals surface area contributed by atoms with Crippen LogP contribution in [0, 0.1) is 5.41 Å². The Labute approximate surface area is 149 Å². The number of benzene rings is 3. The molecule has 0 aromatic heterocycles. The third-order valence-electron chi connectivity index (χ3n) is 3.51. The van der Waals surface area contributed by atoms with E-state index in [1.54, 1.807) is 0 Å². The number of amidine groups is 1. The molecule has 0 bridgehead atoms. The Morgan fingerprint density at radius 2 is 1.54 bits per heavy atom. The third kappa shape index (κ3) is 4.24. The fourth-order valence-electron chi connectivity index (χ4n) is 2.28. The number of anilines is 1. The van der Waals surface area contributed by atoms with E-state index in [-0.39, 0.29) is 0 Å². The zero-order valence-electron chi connectivity index (χ0n) is 13.0. The van der Waals surface area contributed by atoms with E-state index in [1.807, 2.05) is 78.9 Å². The number of nitrogens with one attached hydrogen (secondary N) is 2. The molecule has 0 atom stereocenters. The molecule has 0 aliphatic carbocycles. The van der Waals surface area contributed by atoms with Gasteiger partial charge in [0.2, 0.25) is 0 Å². The second kappa shape index (κ2) is 7.79. The van der Waals surface area contributed by atoms with Crippen LogP contribution in [0.2, 0.25) is 0 Å². The van der Waals surface area contributed by atoms with Crippen molar-refractivity contribution in [3.05, 3.63) is 94.5 Å². The third-order valence-corrected chi connectivity index (χ3v) is 4.04. The summed E-state index contributed by atoms with van der Waals surface area (Å²) in [5.41, 5.74) is 2.69. The Kier molecular flexibility index (Phi) is 5.29. The molecule has 0 saturated carbocycles. The predicted molar refractivity (Wildman–Crippen MR) is 102 cm³/mol. The number of ether oxygens (including phenoxy) is 1. The molecular formula is C20H17BrN2O. The normalized spacial score (nSPS) is 10.2. The van der Waals surface area contributed by atoms with Gasteiger partial charge < -0.3 is 10.1 Å². The summed E-state index contributed by atoms with van der Waals surface area (Å²) in [4.78, 5) is 0. The molecule has 0 saturated heterocycles. The topological polar surface area (TPSA) is 45.1 Å². The van der Waals surface area contributed by atoms with Crippen LogP contribution < -0.4 is 10.1 Å². The summed E-state index contributed by atoms with van der Waals surface area (Å²) in [5, 5.41) is 11.4. The second-order valence-electron chi connectivity index (χ2n) is 5.28. The molecule has 3 aromatic rings. The van der Waals surface area contributed by atoms with Gasteiger partial charge in [-0.05, 0) is 42.0 Å². The van der Waals surface area contributed by atoms with Crippen LogP contribution in [0.3, 0.4) is 0 Å². The molecule has 0 aliphatic heterocycles. The summed E-state index contributed by atoms with van der Waals surface area (Å²) in [5.74, 6) is 0.997. The second-order valence-corrected chi connectivity index (χ2v) is 6.19. The van der Waals surface area contributed by atoms with Gasteiger partial charge in [0.1, 0.15) is 18.2 Å². The van der Waals surface area contributed by atoms with Crippen molar-refractivity contribution in [3.8, 4) is 5.75 Å². The fourth-order valence-corrected chi connectivity index (χ4v) is 2.54. The number of hydrogen-bond donors (Lipinski definition) is 2. The zero-order chi connectivity index (χ0) is 16.8. The SMILES string of the molecule is N=C(Nc1ccc(Br)cc1)c1ccccc1OCc1ccccc1. The van der Waals surface area contributed by atoms with E-state index in [9.17, 15) is 0 Å². The van der Waals surface area contributed by atoms with Crippen molar-refractivity contribution in [1.82, 2.24) is 0 Å². The van der Waals surface area contributed by atoms with Crippen LogP contribution in [0.5, 0.6) is 5.75 Å². The standard InChI is InChI=1S/C20H17BrN2O/c21-16-10-12-17(13-11-16)23-20(22)18-8-4-5-9-19(18)24-14-15-6-2-1-3-7-15/h1-13H,14H2,(H2,22,23). The van der Waals surface area contributed by atoms with Gasteiger partial charge in [0.05, 0.1) is 5.56 Å². The first-order valence-electron chi connectivity index (χ1n) is 7.59. The van der Waals surface area contributed by atoms with E-state index in [0.717, 1.165) is 21.3 Å². The number of hydrogen-bond acceptors (Lipinski definition) is 2. The van der Waals surface area contributed by atoms with Crippen molar-refractivity contribution < 1.29 is 4.74 Å². The molecule has 0 amide bonds. The lowest BCUT2D eigenvalue weighted by Crippen LogP contribution is -2.13. The Morgan fingerprint density at radius 1 is 0.875 bits per heavy atom. The minimum Gasteiger partial charge on any atom is -0.488 e. The first-order valence-corrected chi connectivity index (χ1v) is 8.39. The van der Waals surface area contributed by atoms with Crippen LogP contribution in [-0.4, -0.2) is 5.84 Å². The van der Waals surface area contributed by atoms with E-state index in [2.05, 4.69) is 21.2 Å². The van der Waals surface area contributed by atoms with E-state index < -0.39 is 0 Å². The minimum atomic E-state index is 0.306. The lowest BCUT2D eigenvalue weighted by atomic mass is 10.1. The van der Waals surface area contributed by atoms with Crippen LogP contribution in [0.1, 0.15) is 11.1 Å². The van der Waals surface area contributed by atoms with Gasteiger partial charge in [0.15, 0.2) is 0 Å². The molecule has 0 aliphatic rings. The highest BCUT2D eigenvalue weighted by atomic mass is 79.9. The highest BCUT2D eigenvalue weighted by molar-refractivity contribution is 9.10. The largest absolute Gasteiger partial charge is 0.488 e. The first-order chi connectivity index (χ1) is 11.7. The van der Waals surface area contributed by atoms with Crippen LogP contribution in [0.4, 0.5) is 5.69 Å². The van der Waals surface area contributed by atoms with Gasteiger partial charge in [-0.3, -0.25) is 5.41 Å². The van der Waals surface area contributed by atoms with E-state index in [4.69, 9.17) is 10.1 Å². The highest BCUT2D eigenvalue weighted by Crippen LogP contribution is 2.21. The molecule has 4 heteroatoms. The molecule has 3 aromatic carbocycles. The average molecular weight is 381 g/mol. The molecular weight excluding hydrogens is 364 g/mol. The lowest BCUT2D eigenvalue weighted by Gasteiger charge is -2.14. The molecule has 3 rings (SSSR count). The minimum absolute atomic E-state index is 0.306. The van der Waals surface area contributed by atoms with E-state index in [1.165, 1.54) is 0 Å². The van der Waals surface area contributed by atoms with Crippen LogP contribution in [0.25, 0.3) is 0 Å². The maximum absolute atomic E-state index is 8.34. The number of rotatable bonds is 5. The number of halogens is 1. The van der Waals surface area contributed by atoms with Crippen molar-refractivity contribution in [2.75, 3.05) is 5.32 Å². The van der Waals surface area contributed by atoms with Gasteiger partial charge in [-0.2, -0.15) is 0 Å². The molecule has 0 radical (unpaired) electrons. The molecule has 24 heavy (non-hydrogen) atoms. The number of para-hydroxylation sites is 1. The van der Waals surface area contributed by atoms with Gasteiger partial charge in [-0.1, -0.05) is 58.4 Å². The summed E-state index contributed by atoms with van der Waals surface area (Å²) >= 11 is 3.41. The summed E-state index contributed by atoms with van der Waals surface area (Å²) in [6.45, 7) is 0.476. The van der Waals surface area contributed by atoms with Crippen LogP contribution in [-0.2, 0) is 6.61 Å². The van der Waals surface area contributed by atoms with Gasteiger partial charge in [-0.25, -0.2) is 0 Å². The van der Waals surface area contributed by atoms with Crippen molar-refractivity contribution in [2.45, 2.75) is 6.61 Å². The quantitative estimate of drug-likeness (QED) is 0.455. The Balaban J connectivity index is 1.73.